The molecule has 1 atom stereocenters. The number of rotatable bonds is 4. The van der Waals surface area contributed by atoms with Crippen LogP contribution in [0.2, 0.25) is 0 Å². The Morgan fingerprint density at radius 1 is 1.55 bits per heavy atom. The lowest BCUT2D eigenvalue weighted by atomic mass is 10.2. The lowest BCUT2D eigenvalue weighted by molar-refractivity contribution is -0.127. The second-order valence-corrected chi connectivity index (χ2v) is 5.20. The highest BCUT2D eigenvalue weighted by atomic mass is 16.4. The van der Waals surface area contributed by atoms with Gasteiger partial charge in [-0.25, -0.2) is 14.8 Å². The molecular formula is C13H18N4O3. The molecule has 0 aliphatic carbocycles. The minimum absolute atomic E-state index is 0.0430. The van der Waals surface area contributed by atoms with Gasteiger partial charge in [0.05, 0.1) is 11.9 Å². The standard InChI is InChI=1S/C13H18N4O3/c1-7(2)11-14-6-9(10(16-11)13(19)20)15-8-4-5-17(3)12(8)18/h6-8,15H,4-5H2,1-3H3,(H,19,20). The number of carboxylic acids is 1. The number of aromatic nitrogens is 2. The van der Waals surface area contributed by atoms with Gasteiger partial charge in [0.2, 0.25) is 5.91 Å². The average molecular weight is 278 g/mol. The third kappa shape index (κ3) is 2.71. The molecule has 2 heterocycles. The number of hydrogen-bond donors (Lipinski definition) is 2. The SMILES string of the molecule is CC(C)c1ncc(NC2CCN(C)C2=O)c(C(=O)O)n1. The van der Waals surface area contributed by atoms with Crippen molar-refractivity contribution in [2.24, 2.45) is 0 Å². The molecule has 1 aliphatic heterocycles. The first kappa shape index (κ1) is 14.2. The smallest absolute Gasteiger partial charge is 0.356 e. The molecule has 0 radical (unpaired) electrons. The molecule has 1 aromatic heterocycles. The molecule has 0 saturated carbocycles. The summed E-state index contributed by atoms with van der Waals surface area (Å²) in [5, 5.41) is 12.2. The number of nitrogens with one attached hydrogen (secondary N) is 1. The van der Waals surface area contributed by atoms with Gasteiger partial charge in [-0.1, -0.05) is 13.8 Å². The lowest BCUT2D eigenvalue weighted by Crippen LogP contribution is -2.31. The Kier molecular flexibility index (Phi) is 3.87. The molecule has 1 amide bonds. The molecule has 1 unspecified atom stereocenters. The normalized spacial score (nSPS) is 18.7. The van der Waals surface area contributed by atoms with Crippen LogP contribution in [-0.4, -0.2) is 51.5 Å². The summed E-state index contributed by atoms with van der Waals surface area (Å²) in [5.74, 6) is -0.658. The minimum Gasteiger partial charge on any atom is -0.476 e. The van der Waals surface area contributed by atoms with Crippen LogP contribution in [0.3, 0.4) is 0 Å². The van der Waals surface area contributed by atoms with Crippen LogP contribution in [0.15, 0.2) is 6.20 Å². The summed E-state index contributed by atoms with van der Waals surface area (Å²) < 4.78 is 0. The topological polar surface area (TPSA) is 95.4 Å². The van der Waals surface area contributed by atoms with Gasteiger partial charge in [0.25, 0.3) is 0 Å². The summed E-state index contributed by atoms with van der Waals surface area (Å²) in [4.78, 5) is 32.9. The second-order valence-electron chi connectivity index (χ2n) is 5.20. The van der Waals surface area contributed by atoms with E-state index in [1.807, 2.05) is 13.8 Å². The first-order valence-corrected chi connectivity index (χ1v) is 6.52. The molecule has 2 N–H and O–H groups in total. The van der Waals surface area contributed by atoms with Gasteiger partial charge in [0.15, 0.2) is 5.69 Å². The summed E-state index contributed by atoms with van der Waals surface area (Å²) in [6, 6.07) is -0.411. The first-order chi connectivity index (χ1) is 9.40. The monoisotopic (exact) mass is 278 g/mol. The molecule has 0 bridgehead atoms. The van der Waals surface area contributed by atoms with Crippen molar-refractivity contribution in [3.8, 4) is 0 Å². The summed E-state index contributed by atoms with van der Waals surface area (Å²) in [6.45, 7) is 4.44. The fourth-order valence-electron chi connectivity index (χ4n) is 2.09. The number of nitrogens with zero attached hydrogens (tertiary/aromatic N) is 3. The molecule has 0 aromatic carbocycles. The number of carbonyl (C=O) groups is 2. The zero-order valence-corrected chi connectivity index (χ0v) is 11.8. The van der Waals surface area contributed by atoms with Crippen molar-refractivity contribution < 1.29 is 14.7 Å². The van der Waals surface area contributed by atoms with E-state index in [2.05, 4.69) is 15.3 Å². The van der Waals surface area contributed by atoms with Crippen molar-refractivity contribution in [1.29, 1.82) is 0 Å². The predicted molar refractivity (Wildman–Crippen MR) is 72.7 cm³/mol. The average Bonchev–Trinajstić information content (AvgIpc) is 2.70. The first-order valence-electron chi connectivity index (χ1n) is 6.52. The van der Waals surface area contributed by atoms with Crippen LogP contribution in [-0.2, 0) is 4.79 Å². The van der Waals surface area contributed by atoms with E-state index in [0.29, 0.717) is 18.8 Å². The van der Waals surface area contributed by atoms with Gasteiger partial charge in [-0.2, -0.15) is 0 Å². The van der Waals surface area contributed by atoms with Crippen LogP contribution in [0.5, 0.6) is 0 Å². The Labute approximate surface area is 117 Å². The predicted octanol–water partition coefficient (Wildman–Crippen LogP) is 0.941. The Morgan fingerprint density at radius 3 is 2.75 bits per heavy atom. The summed E-state index contributed by atoms with van der Waals surface area (Å²) >= 11 is 0. The van der Waals surface area contributed by atoms with E-state index in [9.17, 15) is 14.7 Å². The highest BCUT2D eigenvalue weighted by molar-refractivity contribution is 5.93. The molecular weight excluding hydrogens is 260 g/mol. The molecule has 2 rings (SSSR count). The Morgan fingerprint density at radius 2 is 2.25 bits per heavy atom. The molecule has 108 valence electrons. The second kappa shape index (κ2) is 5.44. The van der Waals surface area contributed by atoms with Crippen molar-refractivity contribution in [2.45, 2.75) is 32.2 Å². The fourth-order valence-corrected chi connectivity index (χ4v) is 2.09. The van der Waals surface area contributed by atoms with Crippen molar-refractivity contribution >= 4 is 17.6 Å². The lowest BCUT2D eigenvalue weighted by Gasteiger charge is -2.15. The largest absolute Gasteiger partial charge is 0.476 e. The third-order valence-corrected chi connectivity index (χ3v) is 3.28. The van der Waals surface area contributed by atoms with Crippen LogP contribution < -0.4 is 5.32 Å². The summed E-state index contributed by atoms with van der Waals surface area (Å²) in [5.41, 5.74) is 0.196. The molecule has 1 saturated heterocycles. The van der Waals surface area contributed by atoms with E-state index in [1.54, 1.807) is 11.9 Å². The van der Waals surface area contributed by atoms with Crippen LogP contribution in [0.4, 0.5) is 5.69 Å². The molecule has 1 fully saturated rings. The zero-order chi connectivity index (χ0) is 14.9. The summed E-state index contributed by atoms with van der Waals surface area (Å²) in [7, 11) is 1.72. The number of amides is 1. The number of anilines is 1. The molecule has 7 heteroatoms. The van der Waals surface area contributed by atoms with E-state index in [0.717, 1.165) is 0 Å². The van der Waals surface area contributed by atoms with E-state index in [4.69, 9.17) is 0 Å². The Balaban J connectivity index is 2.27. The molecule has 0 spiro atoms. The molecule has 7 nitrogen and oxygen atoms in total. The van der Waals surface area contributed by atoms with E-state index in [-0.39, 0.29) is 23.2 Å². The molecule has 1 aliphatic rings. The number of likely N-dealkylation sites (tertiary alicyclic amines) is 1. The van der Waals surface area contributed by atoms with Gasteiger partial charge >= 0.3 is 5.97 Å². The maximum atomic E-state index is 11.8. The van der Waals surface area contributed by atoms with Crippen molar-refractivity contribution in [3.05, 3.63) is 17.7 Å². The molecule has 20 heavy (non-hydrogen) atoms. The number of carbonyl (C=O) groups excluding carboxylic acids is 1. The van der Waals surface area contributed by atoms with Crippen molar-refractivity contribution in [1.82, 2.24) is 14.9 Å². The Bertz CT molecular complexity index is 544. The maximum Gasteiger partial charge on any atom is 0.356 e. The van der Waals surface area contributed by atoms with Crippen LogP contribution in [0, 0.1) is 0 Å². The van der Waals surface area contributed by atoms with Gasteiger partial charge in [0.1, 0.15) is 11.9 Å². The Hall–Kier alpha value is -2.18. The highest BCUT2D eigenvalue weighted by Crippen LogP contribution is 2.20. The number of aromatic carboxylic acids is 1. The van der Waals surface area contributed by atoms with Gasteiger partial charge in [-0.3, -0.25) is 4.79 Å². The highest BCUT2D eigenvalue weighted by Gasteiger charge is 2.30. The van der Waals surface area contributed by atoms with Crippen molar-refractivity contribution in [3.63, 3.8) is 0 Å². The zero-order valence-electron chi connectivity index (χ0n) is 11.8. The summed E-state index contributed by atoms with van der Waals surface area (Å²) in [6.07, 6.45) is 2.08. The van der Waals surface area contributed by atoms with Gasteiger partial charge in [-0.15, -0.1) is 0 Å². The minimum atomic E-state index is -1.13. The number of hydrogen-bond acceptors (Lipinski definition) is 5. The third-order valence-electron chi connectivity index (χ3n) is 3.28. The van der Waals surface area contributed by atoms with Crippen LogP contribution in [0.1, 0.15) is 42.5 Å². The van der Waals surface area contributed by atoms with Gasteiger partial charge in [-0.05, 0) is 6.42 Å². The van der Waals surface area contributed by atoms with Gasteiger partial charge < -0.3 is 15.3 Å². The van der Waals surface area contributed by atoms with Gasteiger partial charge in [0, 0.05) is 19.5 Å². The number of likely N-dealkylation sites (N-methyl/N-ethyl adjacent to an activating group) is 1. The quantitative estimate of drug-likeness (QED) is 0.851. The van der Waals surface area contributed by atoms with Crippen LogP contribution in [0.25, 0.3) is 0 Å². The van der Waals surface area contributed by atoms with Crippen LogP contribution >= 0.6 is 0 Å². The van der Waals surface area contributed by atoms with E-state index >= 15 is 0 Å². The molecule has 1 aromatic rings. The van der Waals surface area contributed by atoms with E-state index in [1.165, 1.54) is 6.20 Å². The van der Waals surface area contributed by atoms with E-state index < -0.39 is 12.0 Å². The maximum absolute atomic E-state index is 11.8. The number of carboxylic acid groups (broad SMARTS) is 1. The fraction of sp³-hybridized carbons (Fsp3) is 0.538. The van der Waals surface area contributed by atoms with Crippen molar-refractivity contribution in [2.75, 3.05) is 18.9 Å².